The van der Waals surface area contributed by atoms with Crippen molar-refractivity contribution in [3.63, 3.8) is 0 Å². The normalized spacial score (nSPS) is 22.0. The minimum atomic E-state index is 0.305. The number of hydrogen-bond acceptors (Lipinski definition) is 6. The molecule has 4 N–H and O–H groups in total. The van der Waals surface area contributed by atoms with E-state index >= 15 is 0 Å². The molecule has 0 saturated heterocycles. The van der Waals surface area contributed by atoms with Crippen LogP contribution in [0.1, 0.15) is 39.5 Å². The first-order valence-electron chi connectivity index (χ1n) is 6.71. The van der Waals surface area contributed by atoms with E-state index < -0.39 is 0 Å². The number of anilines is 2. The molecular formula is C13H23N5S. The van der Waals surface area contributed by atoms with Crippen molar-refractivity contribution in [2.24, 2.45) is 11.3 Å². The van der Waals surface area contributed by atoms with E-state index in [-0.39, 0.29) is 0 Å². The summed E-state index contributed by atoms with van der Waals surface area (Å²) in [5.74, 6) is 6.95. The van der Waals surface area contributed by atoms with E-state index in [1.165, 1.54) is 37.4 Å². The van der Waals surface area contributed by atoms with Gasteiger partial charge in [0.25, 0.3) is 0 Å². The summed E-state index contributed by atoms with van der Waals surface area (Å²) in [4.78, 5) is 8.78. The number of aromatic nitrogens is 2. The van der Waals surface area contributed by atoms with Gasteiger partial charge in [0.2, 0.25) is 0 Å². The van der Waals surface area contributed by atoms with Gasteiger partial charge >= 0.3 is 0 Å². The smallest absolute Gasteiger partial charge is 0.191 e. The fraction of sp³-hybridized carbons (Fsp3) is 0.692. The maximum atomic E-state index is 5.45. The van der Waals surface area contributed by atoms with Crippen molar-refractivity contribution >= 4 is 23.4 Å². The number of hydrogen-bond donors (Lipinski definition) is 3. The zero-order valence-electron chi connectivity index (χ0n) is 11.9. The molecule has 1 aromatic rings. The number of nitrogens with one attached hydrogen (secondary N) is 2. The number of nitrogens with two attached hydrogens (primary N) is 1. The highest BCUT2D eigenvalue weighted by molar-refractivity contribution is 7.98. The summed E-state index contributed by atoms with van der Waals surface area (Å²) in [6.07, 6.45) is 7.01. The lowest BCUT2D eigenvalue weighted by Crippen LogP contribution is -2.39. The number of nitrogen functional groups attached to an aromatic ring is 1. The van der Waals surface area contributed by atoms with E-state index in [0.717, 1.165) is 11.0 Å². The Labute approximate surface area is 119 Å². The van der Waals surface area contributed by atoms with Crippen LogP contribution in [0, 0.1) is 5.41 Å². The number of hydrazine groups is 1. The van der Waals surface area contributed by atoms with Crippen LogP contribution in [0.3, 0.4) is 0 Å². The van der Waals surface area contributed by atoms with E-state index in [9.17, 15) is 0 Å². The van der Waals surface area contributed by atoms with Gasteiger partial charge in [0.1, 0.15) is 11.6 Å². The predicted molar refractivity (Wildman–Crippen MR) is 81.3 cm³/mol. The zero-order chi connectivity index (χ0) is 13.9. The van der Waals surface area contributed by atoms with Gasteiger partial charge in [-0.15, -0.1) is 0 Å². The van der Waals surface area contributed by atoms with E-state index in [1.807, 2.05) is 12.3 Å². The third-order valence-corrected chi connectivity index (χ3v) is 4.41. The van der Waals surface area contributed by atoms with Crippen LogP contribution in [0.15, 0.2) is 11.2 Å². The van der Waals surface area contributed by atoms with Crippen molar-refractivity contribution in [1.82, 2.24) is 9.97 Å². The molecule has 1 fully saturated rings. The first-order chi connectivity index (χ1) is 9.05. The van der Waals surface area contributed by atoms with Crippen molar-refractivity contribution in [3.05, 3.63) is 6.07 Å². The minimum absolute atomic E-state index is 0.305. The molecule has 2 rings (SSSR count). The molecule has 0 bridgehead atoms. The molecule has 106 valence electrons. The van der Waals surface area contributed by atoms with Gasteiger partial charge in [-0.3, -0.25) is 0 Å². The van der Waals surface area contributed by atoms with E-state index in [2.05, 4.69) is 34.6 Å². The van der Waals surface area contributed by atoms with Crippen LogP contribution in [0.5, 0.6) is 0 Å². The Morgan fingerprint density at radius 3 is 2.68 bits per heavy atom. The SMILES string of the molecule is CSc1nc(NN)cc(NC2CCCCC2(C)C)n1. The molecule has 1 saturated carbocycles. The standard InChI is InChI=1S/C13H23N5S/c1-13(2)7-5-4-6-9(13)15-10-8-11(18-14)17-12(16-10)19-3/h8-9H,4-7,14H2,1-3H3,(H2,15,16,17,18). The van der Waals surface area contributed by atoms with Crippen LogP contribution in [0.2, 0.25) is 0 Å². The third kappa shape index (κ3) is 3.51. The Hall–Kier alpha value is -1.01. The molecule has 19 heavy (non-hydrogen) atoms. The summed E-state index contributed by atoms with van der Waals surface area (Å²) in [5, 5.41) is 4.29. The average Bonchev–Trinajstić information content (AvgIpc) is 2.40. The van der Waals surface area contributed by atoms with Crippen LogP contribution in [0.25, 0.3) is 0 Å². The number of thioether (sulfide) groups is 1. The van der Waals surface area contributed by atoms with Gasteiger partial charge in [0.15, 0.2) is 5.16 Å². The van der Waals surface area contributed by atoms with Crippen LogP contribution in [-0.4, -0.2) is 22.3 Å². The summed E-state index contributed by atoms with van der Waals surface area (Å²) in [6, 6.07) is 2.32. The number of rotatable bonds is 4. The fourth-order valence-electron chi connectivity index (χ4n) is 2.60. The molecule has 0 spiro atoms. The van der Waals surface area contributed by atoms with Crippen molar-refractivity contribution in [1.29, 1.82) is 0 Å². The molecule has 6 heteroatoms. The Balaban J connectivity index is 2.17. The van der Waals surface area contributed by atoms with E-state index in [0.29, 0.717) is 17.3 Å². The molecule has 0 radical (unpaired) electrons. The lowest BCUT2D eigenvalue weighted by Gasteiger charge is -2.39. The highest BCUT2D eigenvalue weighted by Crippen LogP contribution is 2.37. The highest BCUT2D eigenvalue weighted by Gasteiger charge is 2.32. The van der Waals surface area contributed by atoms with Crippen molar-refractivity contribution in [3.8, 4) is 0 Å². The highest BCUT2D eigenvalue weighted by atomic mass is 32.2. The minimum Gasteiger partial charge on any atom is -0.367 e. The molecule has 1 unspecified atom stereocenters. The summed E-state index contributed by atoms with van der Waals surface area (Å²) >= 11 is 1.52. The third-order valence-electron chi connectivity index (χ3n) is 3.87. The first kappa shape index (κ1) is 14.4. The van der Waals surface area contributed by atoms with Crippen LogP contribution in [0.4, 0.5) is 11.6 Å². The van der Waals surface area contributed by atoms with Gasteiger partial charge in [0, 0.05) is 12.1 Å². The largest absolute Gasteiger partial charge is 0.367 e. The van der Waals surface area contributed by atoms with Crippen LogP contribution in [-0.2, 0) is 0 Å². The molecule has 5 nitrogen and oxygen atoms in total. The summed E-state index contributed by atoms with van der Waals surface area (Å²) < 4.78 is 0. The molecule has 1 atom stereocenters. The van der Waals surface area contributed by atoms with Gasteiger partial charge in [-0.1, -0.05) is 38.5 Å². The van der Waals surface area contributed by atoms with Gasteiger partial charge in [0.05, 0.1) is 0 Å². The average molecular weight is 281 g/mol. The topological polar surface area (TPSA) is 75.9 Å². The molecule has 0 amide bonds. The Kier molecular flexibility index (Phi) is 4.52. The molecule has 0 aliphatic heterocycles. The quantitative estimate of drug-likeness (QED) is 0.341. The second-order valence-corrected chi connectivity index (χ2v) is 6.47. The maximum Gasteiger partial charge on any atom is 0.191 e. The lowest BCUT2D eigenvalue weighted by atomic mass is 9.73. The maximum absolute atomic E-state index is 5.45. The second-order valence-electron chi connectivity index (χ2n) is 5.70. The molecule has 1 aliphatic rings. The van der Waals surface area contributed by atoms with Crippen molar-refractivity contribution in [2.75, 3.05) is 17.0 Å². The van der Waals surface area contributed by atoms with Gasteiger partial charge in [-0.25, -0.2) is 15.8 Å². The molecule has 1 aliphatic carbocycles. The summed E-state index contributed by atoms with van der Waals surface area (Å²) in [5.41, 5.74) is 2.90. The Morgan fingerprint density at radius 1 is 1.32 bits per heavy atom. The van der Waals surface area contributed by atoms with Crippen LogP contribution < -0.4 is 16.6 Å². The van der Waals surface area contributed by atoms with Gasteiger partial charge < -0.3 is 10.7 Å². The van der Waals surface area contributed by atoms with Crippen LogP contribution >= 0.6 is 11.8 Å². The number of nitrogens with zero attached hydrogens (tertiary/aromatic N) is 2. The predicted octanol–water partition coefficient (Wildman–Crippen LogP) is 2.86. The summed E-state index contributed by atoms with van der Waals surface area (Å²) in [6.45, 7) is 4.64. The summed E-state index contributed by atoms with van der Waals surface area (Å²) in [7, 11) is 0. The first-order valence-corrected chi connectivity index (χ1v) is 7.94. The molecule has 0 aromatic carbocycles. The molecular weight excluding hydrogens is 258 g/mol. The Bertz CT molecular complexity index is 413. The molecule has 1 aromatic heterocycles. The van der Waals surface area contributed by atoms with Gasteiger partial charge in [-0.05, 0) is 24.5 Å². The van der Waals surface area contributed by atoms with Crippen molar-refractivity contribution in [2.45, 2.75) is 50.7 Å². The zero-order valence-corrected chi connectivity index (χ0v) is 12.7. The lowest BCUT2D eigenvalue weighted by molar-refractivity contribution is 0.216. The Morgan fingerprint density at radius 2 is 2.05 bits per heavy atom. The van der Waals surface area contributed by atoms with E-state index in [4.69, 9.17) is 5.84 Å². The molecule has 1 heterocycles. The monoisotopic (exact) mass is 281 g/mol. The fourth-order valence-corrected chi connectivity index (χ4v) is 2.98. The van der Waals surface area contributed by atoms with Gasteiger partial charge in [-0.2, -0.15) is 0 Å². The van der Waals surface area contributed by atoms with Crippen molar-refractivity contribution < 1.29 is 0 Å². The van der Waals surface area contributed by atoms with E-state index in [1.54, 1.807) is 0 Å². The second kappa shape index (κ2) is 5.96.